The van der Waals surface area contributed by atoms with Crippen LogP contribution in [0, 0.1) is 0 Å². The second kappa shape index (κ2) is 6.60. The van der Waals surface area contributed by atoms with E-state index in [-0.39, 0.29) is 23.8 Å². The predicted molar refractivity (Wildman–Crippen MR) is 82.5 cm³/mol. The van der Waals surface area contributed by atoms with Crippen molar-refractivity contribution >= 4 is 29.0 Å². The monoisotopic (exact) mass is 326 g/mol. The van der Waals surface area contributed by atoms with Gasteiger partial charge < -0.3 is 9.67 Å². The number of ketones is 1. The number of benzene rings is 1. The Morgan fingerprint density at radius 3 is 2.76 bits per heavy atom. The van der Waals surface area contributed by atoms with Crippen LogP contribution in [-0.4, -0.2) is 20.4 Å². The van der Waals surface area contributed by atoms with Crippen LogP contribution >= 0.6 is 23.2 Å². The molecule has 2 rings (SSSR count). The van der Waals surface area contributed by atoms with Crippen LogP contribution in [0.2, 0.25) is 10.0 Å². The van der Waals surface area contributed by atoms with E-state index in [2.05, 4.69) is 4.98 Å². The van der Waals surface area contributed by atoms with Crippen LogP contribution in [0.15, 0.2) is 36.9 Å². The van der Waals surface area contributed by atoms with Crippen molar-refractivity contribution in [3.05, 3.63) is 52.5 Å². The molecule has 0 aliphatic heterocycles. The van der Waals surface area contributed by atoms with Gasteiger partial charge in [0.25, 0.3) is 0 Å². The summed E-state index contributed by atoms with van der Waals surface area (Å²) >= 11 is 12.1. The highest BCUT2D eigenvalue weighted by atomic mass is 35.5. The lowest BCUT2D eigenvalue weighted by Crippen LogP contribution is -2.40. The summed E-state index contributed by atoms with van der Waals surface area (Å²) in [7, 11) is 0. The van der Waals surface area contributed by atoms with Crippen molar-refractivity contribution in [1.82, 2.24) is 9.55 Å². The Balaban J connectivity index is 2.46. The molecule has 1 atom stereocenters. The Labute approximate surface area is 133 Å². The maximum Gasteiger partial charge on any atom is 0.170 e. The first kappa shape index (κ1) is 16.0. The lowest BCUT2D eigenvalue weighted by atomic mass is 9.87. The normalized spacial score (nSPS) is 13.9. The smallest absolute Gasteiger partial charge is 0.170 e. The Morgan fingerprint density at radius 1 is 1.43 bits per heavy atom. The minimum absolute atomic E-state index is 0.0627. The summed E-state index contributed by atoms with van der Waals surface area (Å²) in [6.45, 7) is 1.95. The highest BCUT2D eigenvalue weighted by Crippen LogP contribution is 2.33. The summed E-state index contributed by atoms with van der Waals surface area (Å²) < 4.78 is 1.65. The van der Waals surface area contributed by atoms with E-state index in [0.29, 0.717) is 17.0 Å². The van der Waals surface area contributed by atoms with Crippen molar-refractivity contribution in [3.63, 3.8) is 0 Å². The first-order chi connectivity index (χ1) is 9.97. The summed E-state index contributed by atoms with van der Waals surface area (Å²) in [6.07, 6.45) is 5.75. The van der Waals surface area contributed by atoms with E-state index in [9.17, 15) is 9.90 Å². The molecular weight excluding hydrogens is 311 g/mol. The number of carbonyl (C=O) groups is 1. The summed E-state index contributed by atoms with van der Waals surface area (Å²) in [4.78, 5) is 16.4. The number of rotatable bonds is 6. The maximum absolute atomic E-state index is 12.5. The van der Waals surface area contributed by atoms with Gasteiger partial charge in [-0.3, -0.25) is 4.79 Å². The van der Waals surface area contributed by atoms with E-state index < -0.39 is 5.60 Å². The van der Waals surface area contributed by atoms with Crippen molar-refractivity contribution in [3.8, 4) is 0 Å². The molecule has 112 valence electrons. The Morgan fingerprint density at radius 2 is 2.19 bits per heavy atom. The van der Waals surface area contributed by atoms with Crippen LogP contribution in [0.1, 0.15) is 25.3 Å². The van der Waals surface area contributed by atoms with Gasteiger partial charge in [-0.2, -0.15) is 0 Å². The SMILES string of the molecule is CCCC(=O)C(O)(Cn1ccnc1)c1ccc(Cl)cc1Cl. The summed E-state index contributed by atoms with van der Waals surface area (Å²) in [6, 6.07) is 4.73. The number of imidazole rings is 1. The molecule has 0 bridgehead atoms. The summed E-state index contributed by atoms with van der Waals surface area (Å²) in [5.74, 6) is -0.275. The topological polar surface area (TPSA) is 55.1 Å². The van der Waals surface area contributed by atoms with Crippen LogP contribution < -0.4 is 0 Å². The zero-order valence-corrected chi connectivity index (χ0v) is 13.1. The average molecular weight is 327 g/mol. The van der Waals surface area contributed by atoms with E-state index in [4.69, 9.17) is 23.2 Å². The van der Waals surface area contributed by atoms with Gasteiger partial charge >= 0.3 is 0 Å². The summed E-state index contributed by atoms with van der Waals surface area (Å²) in [5.41, 5.74) is -1.33. The molecule has 1 aromatic heterocycles. The van der Waals surface area contributed by atoms with E-state index in [1.165, 1.54) is 6.07 Å². The largest absolute Gasteiger partial charge is 0.375 e. The quantitative estimate of drug-likeness (QED) is 0.884. The second-order valence-corrected chi connectivity index (χ2v) is 5.74. The minimum atomic E-state index is -1.70. The Hall–Kier alpha value is -1.36. The third-order valence-electron chi connectivity index (χ3n) is 3.29. The number of nitrogens with zero attached hydrogens (tertiary/aromatic N) is 2. The van der Waals surface area contributed by atoms with Crippen LogP contribution in [0.5, 0.6) is 0 Å². The molecule has 0 spiro atoms. The lowest BCUT2D eigenvalue weighted by Gasteiger charge is -2.28. The second-order valence-electron chi connectivity index (χ2n) is 4.89. The molecule has 1 unspecified atom stereocenters. The number of aromatic nitrogens is 2. The molecule has 21 heavy (non-hydrogen) atoms. The van der Waals surface area contributed by atoms with Gasteiger partial charge in [0.1, 0.15) is 0 Å². The van der Waals surface area contributed by atoms with E-state index in [1.54, 1.807) is 35.4 Å². The molecule has 0 saturated carbocycles. The molecule has 1 aromatic carbocycles. The van der Waals surface area contributed by atoms with Crippen molar-refractivity contribution in [2.24, 2.45) is 0 Å². The van der Waals surface area contributed by atoms with Gasteiger partial charge in [-0.15, -0.1) is 0 Å². The number of aliphatic hydroxyl groups is 1. The van der Waals surface area contributed by atoms with Crippen molar-refractivity contribution in [2.75, 3.05) is 0 Å². The van der Waals surface area contributed by atoms with Crippen LogP contribution in [0.25, 0.3) is 0 Å². The van der Waals surface area contributed by atoms with Crippen molar-refractivity contribution in [1.29, 1.82) is 0 Å². The first-order valence-corrected chi connectivity index (χ1v) is 7.40. The van der Waals surface area contributed by atoms with E-state index in [1.807, 2.05) is 6.92 Å². The molecule has 0 amide bonds. The van der Waals surface area contributed by atoms with Gasteiger partial charge in [0.15, 0.2) is 11.4 Å². The van der Waals surface area contributed by atoms with E-state index in [0.717, 1.165) is 0 Å². The predicted octanol–water partition coefficient (Wildman–Crippen LogP) is 3.45. The van der Waals surface area contributed by atoms with Gasteiger partial charge in [-0.25, -0.2) is 4.98 Å². The van der Waals surface area contributed by atoms with Gasteiger partial charge in [0, 0.05) is 34.4 Å². The van der Waals surface area contributed by atoms with Gasteiger partial charge in [-0.1, -0.05) is 36.2 Å². The van der Waals surface area contributed by atoms with Crippen LogP contribution in [0.4, 0.5) is 0 Å². The average Bonchev–Trinajstić information content (AvgIpc) is 2.91. The molecule has 0 fully saturated rings. The zero-order chi connectivity index (χ0) is 15.5. The van der Waals surface area contributed by atoms with Crippen molar-refractivity contribution in [2.45, 2.75) is 31.9 Å². The number of hydrogen-bond donors (Lipinski definition) is 1. The molecule has 0 saturated heterocycles. The molecule has 0 aliphatic rings. The lowest BCUT2D eigenvalue weighted by molar-refractivity contribution is -0.140. The highest BCUT2D eigenvalue weighted by Gasteiger charge is 2.39. The summed E-state index contributed by atoms with van der Waals surface area (Å²) in [5, 5.41) is 11.7. The van der Waals surface area contributed by atoms with Crippen LogP contribution in [-0.2, 0) is 16.9 Å². The zero-order valence-electron chi connectivity index (χ0n) is 11.6. The molecule has 2 aromatic rings. The molecule has 6 heteroatoms. The van der Waals surface area contributed by atoms with Gasteiger partial charge in [0.2, 0.25) is 0 Å². The number of Topliss-reactive ketones (excluding diaryl/α,β-unsaturated/α-hetero) is 1. The fourth-order valence-electron chi connectivity index (χ4n) is 2.23. The molecule has 4 nitrogen and oxygen atoms in total. The van der Waals surface area contributed by atoms with E-state index >= 15 is 0 Å². The van der Waals surface area contributed by atoms with Gasteiger partial charge in [-0.05, 0) is 18.6 Å². The first-order valence-electron chi connectivity index (χ1n) is 6.64. The molecule has 1 N–H and O–H groups in total. The van der Waals surface area contributed by atoms with Gasteiger partial charge in [0.05, 0.1) is 12.9 Å². The molecule has 0 aliphatic carbocycles. The standard InChI is InChI=1S/C15H16Cl2N2O2/c1-2-3-14(20)15(21,9-19-7-6-18-10-19)12-5-4-11(16)8-13(12)17/h4-8,10,21H,2-3,9H2,1H3. The Bertz CT molecular complexity index is 629. The number of hydrogen-bond acceptors (Lipinski definition) is 3. The highest BCUT2D eigenvalue weighted by molar-refractivity contribution is 6.35. The maximum atomic E-state index is 12.5. The Kier molecular flexibility index (Phi) is 5.04. The number of carbonyl (C=O) groups excluding carboxylic acids is 1. The third-order valence-corrected chi connectivity index (χ3v) is 3.83. The molecular formula is C15H16Cl2N2O2. The fraction of sp³-hybridized carbons (Fsp3) is 0.333. The molecule has 0 radical (unpaired) electrons. The number of halogens is 2. The third kappa shape index (κ3) is 3.46. The van der Waals surface area contributed by atoms with Crippen LogP contribution in [0.3, 0.4) is 0 Å². The molecule has 1 heterocycles. The minimum Gasteiger partial charge on any atom is -0.375 e. The fourth-order valence-corrected chi connectivity index (χ4v) is 2.79. The van der Waals surface area contributed by atoms with Crippen molar-refractivity contribution < 1.29 is 9.90 Å².